The van der Waals surface area contributed by atoms with Crippen molar-refractivity contribution in [2.75, 3.05) is 13.1 Å². The van der Waals surface area contributed by atoms with Crippen LogP contribution in [0.5, 0.6) is 0 Å². The van der Waals surface area contributed by atoms with Crippen LogP contribution in [0.2, 0.25) is 0 Å². The molecule has 0 aliphatic carbocycles. The Morgan fingerprint density at radius 3 is 2.66 bits per heavy atom. The summed E-state index contributed by atoms with van der Waals surface area (Å²) in [5.74, 6) is 0.922. The highest BCUT2D eigenvalue weighted by molar-refractivity contribution is 5.95. The molecule has 0 spiro atoms. The molecule has 1 aliphatic rings. The zero-order valence-electron chi connectivity index (χ0n) is 15.9. The third-order valence-electron chi connectivity index (χ3n) is 5.00. The maximum atomic E-state index is 12.7. The third-order valence-corrected chi connectivity index (χ3v) is 5.00. The number of carbonyl (C=O) groups is 2. The predicted molar refractivity (Wildman–Crippen MR) is 102 cm³/mol. The lowest BCUT2D eigenvalue weighted by molar-refractivity contribution is -0.133. The van der Waals surface area contributed by atoms with Crippen molar-refractivity contribution in [2.24, 2.45) is 0 Å². The second kappa shape index (κ2) is 8.26. The Hall–Kier alpha value is -3.49. The molecule has 1 saturated heterocycles. The zero-order chi connectivity index (χ0) is 20.2. The molecule has 1 atom stereocenters. The Labute approximate surface area is 167 Å². The lowest BCUT2D eigenvalue weighted by atomic mass is 9.95. The van der Waals surface area contributed by atoms with Gasteiger partial charge in [0.15, 0.2) is 11.6 Å². The van der Waals surface area contributed by atoms with Gasteiger partial charge in [0.2, 0.25) is 5.91 Å². The number of nitrogens with zero attached hydrogens (tertiary/aromatic N) is 4. The van der Waals surface area contributed by atoms with Crippen LogP contribution in [-0.2, 0) is 4.79 Å². The Kier molecular flexibility index (Phi) is 5.37. The Bertz CT molecular complexity index is 962. The van der Waals surface area contributed by atoms with Crippen molar-refractivity contribution in [3.05, 3.63) is 54.5 Å². The highest BCUT2D eigenvalue weighted by atomic mass is 16.5. The number of pyridine rings is 1. The van der Waals surface area contributed by atoms with E-state index in [2.05, 4.69) is 20.4 Å². The number of likely N-dealkylation sites (tertiary alicyclic amines) is 1. The molecular formula is C20H21N5O4. The van der Waals surface area contributed by atoms with Gasteiger partial charge in [0.05, 0.1) is 6.26 Å². The summed E-state index contributed by atoms with van der Waals surface area (Å²) in [4.78, 5) is 35.0. The average Bonchev–Trinajstić information content (AvgIpc) is 3.46. The molecule has 3 aromatic rings. The van der Waals surface area contributed by atoms with Crippen LogP contribution < -0.4 is 5.32 Å². The second-order valence-corrected chi connectivity index (χ2v) is 6.97. The number of hydrogen-bond donors (Lipinski definition) is 1. The number of hydrogen-bond acceptors (Lipinski definition) is 7. The molecule has 9 heteroatoms. The quantitative estimate of drug-likeness (QED) is 0.704. The highest BCUT2D eigenvalue weighted by Gasteiger charge is 2.30. The van der Waals surface area contributed by atoms with E-state index >= 15 is 0 Å². The van der Waals surface area contributed by atoms with Crippen molar-refractivity contribution in [1.82, 2.24) is 25.3 Å². The second-order valence-electron chi connectivity index (χ2n) is 6.97. The van der Waals surface area contributed by atoms with Gasteiger partial charge in [0.25, 0.3) is 11.8 Å². The standard InChI is InChI=1S/C20H21N5O4/c1-13(22-18(26)16-3-2-12-28-16)20(27)25-10-6-14(7-11-25)17-23-19(29-24-17)15-4-8-21-9-5-15/h2-5,8-9,12-14H,6-7,10-11H2,1H3,(H,22,26). The van der Waals surface area contributed by atoms with Gasteiger partial charge in [0.1, 0.15) is 6.04 Å². The van der Waals surface area contributed by atoms with Crippen molar-refractivity contribution >= 4 is 11.8 Å². The molecule has 0 bridgehead atoms. The van der Waals surface area contributed by atoms with Gasteiger partial charge in [-0.15, -0.1) is 0 Å². The Morgan fingerprint density at radius 1 is 1.21 bits per heavy atom. The van der Waals surface area contributed by atoms with Crippen molar-refractivity contribution in [1.29, 1.82) is 0 Å². The Balaban J connectivity index is 1.31. The Morgan fingerprint density at radius 2 is 1.97 bits per heavy atom. The fourth-order valence-corrected chi connectivity index (χ4v) is 3.38. The van der Waals surface area contributed by atoms with Crippen molar-refractivity contribution in [2.45, 2.75) is 31.7 Å². The molecule has 1 fully saturated rings. The monoisotopic (exact) mass is 395 g/mol. The average molecular weight is 395 g/mol. The van der Waals surface area contributed by atoms with Gasteiger partial charge in [0, 0.05) is 37.0 Å². The SMILES string of the molecule is CC(NC(=O)c1ccco1)C(=O)N1CCC(c2noc(-c3ccncc3)n2)CC1. The van der Waals surface area contributed by atoms with Gasteiger partial charge >= 0.3 is 0 Å². The van der Waals surface area contributed by atoms with Crippen LogP contribution in [-0.4, -0.2) is 51.0 Å². The van der Waals surface area contributed by atoms with Crippen LogP contribution in [0.1, 0.15) is 42.1 Å². The number of aromatic nitrogens is 3. The molecule has 1 unspecified atom stereocenters. The van der Waals surface area contributed by atoms with Crippen LogP contribution in [0.15, 0.2) is 51.9 Å². The van der Waals surface area contributed by atoms with E-state index in [-0.39, 0.29) is 17.6 Å². The molecule has 0 saturated carbocycles. The van der Waals surface area contributed by atoms with E-state index in [0.717, 1.165) is 18.4 Å². The number of furan rings is 1. The van der Waals surface area contributed by atoms with Crippen LogP contribution in [0.25, 0.3) is 11.5 Å². The molecule has 29 heavy (non-hydrogen) atoms. The maximum Gasteiger partial charge on any atom is 0.287 e. The smallest absolute Gasteiger partial charge is 0.287 e. The fraction of sp³-hybridized carbons (Fsp3) is 0.350. The third kappa shape index (κ3) is 4.18. The number of rotatable bonds is 5. The molecule has 4 heterocycles. The maximum absolute atomic E-state index is 12.7. The molecular weight excluding hydrogens is 374 g/mol. The van der Waals surface area contributed by atoms with Gasteiger partial charge in [-0.2, -0.15) is 4.98 Å². The van der Waals surface area contributed by atoms with E-state index in [1.165, 1.54) is 6.26 Å². The minimum absolute atomic E-state index is 0.117. The summed E-state index contributed by atoms with van der Waals surface area (Å²) in [6, 6.07) is 6.19. The molecule has 3 aromatic heterocycles. The van der Waals surface area contributed by atoms with E-state index in [1.807, 2.05) is 12.1 Å². The van der Waals surface area contributed by atoms with E-state index < -0.39 is 11.9 Å². The normalized spacial score (nSPS) is 15.8. The predicted octanol–water partition coefficient (Wildman–Crippen LogP) is 2.25. The molecule has 0 radical (unpaired) electrons. The van der Waals surface area contributed by atoms with Gasteiger partial charge in [-0.05, 0) is 44.0 Å². The first kappa shape index (κ1) is 18.9. The van der Waals surface area contributed by atoms with Crippen LogP contribution in [0.4, 0.5) is 0 Å². The van der Waals surface area contributed by atoms with E-state index in [9.17, 15) is 9.59 Å². The van der Waals surface area contributed by atoms with Gasteiger partial charge in [-0.1, -0.05) is 5.16 Å². The van der Waals surface area contributed by atoms with E-state index in [0.29, 0.717) is 24.8 Å². The van der Waals surface area contributed by atoms with Crippen molar-refractivity contribution in [3.63, 3.8) is 0 Å². The lowest BCUT2D eigenvalue weighted by Crippen LogP contribution is -2.49. The summed E-state index contributed by atoms with van der Waals surface area (Å²) in [5.41, 5.74) is 0.826. The van der Waals surface area contributed by atoms with Crippen LogP contribution >= 0.6 is 0 Å². The molecule has 1 aliphatic heterocycles. The molecule has 4 rings (SSSR count). The van der Waals surface area contributed by atoms with Crippen LogP contribution in [0, 0.1) is 0 Å². The lowest BCUT2D eigenvalue weighted by Gasteiger charge is -2.32. The molecule has 2 amide bonds. The summed E-state index contributed by atoms with van der Waals surface area (Å²) in [5, 5.41) is 6.79. The van der Waals surface area contributed by atoms with Gasteiger partial charge in [-0.25, -0.2) is 0 Å². The minimum atomic E-state index is -0.632. The first-order chi connectivity index (χ1) is 14.1. The topological polar surface area (TPSA) is 114 Å². The first-order valence-corrected chi connectivity index (χ1v) is 9.49. The molecule has 9 nitrogen and oxygen atoms in total. The summed E-state index contributed by atoms with van der Waals surface area (Å²) in [6.07, 6.45) is 6.24. The number of amides is 2. The van der Waals surface area contributed by atoms with Crippen LogP contribution in [0.3, 0.4) is 0 Å². The number of piperidine rings is 1. The van der Waals surface area contributed by atoms with Gasteiger partial charge < -0.3 is 19.2 Å². The fourth-order valence-electron chi connectivity index (χ4n) is 3.38. The van der Waals surface area contributed by atoms with E-state index in [1.54, 1.807) is 36.4 Å². The number of nitrogens with one attached hydrogen (secondary N) is 1. The van der Waals surface area contributed by atoms with Crippen molar-refractivity contribution in [3.8, 4) is 11.5 Å². The molecule has 1 N–H and O–H groups in total. The largest absolute Gasteiger partial charge is 0.459 e. The summed E-state index contributed by atoms with van der Waals surface area (Å²) in [6.45, 7) is 2.82. The zero-order valence-corrected chi connectivity index (χ0v) is 15.9. The molecule has 0 aromatic carbocycles. The summed E-state index contributed by atoms with van der Waals surface area (Å²) in [7, 11) is 0. The van der Waals surface area contributed by atoms with E-state index in [4.69, 9.17) is 8.94 Å². The summed E-state index contributed by atoms with van der Waals surface area (Å²) >= 11 is 0. The summed E-state index contributed by atoms with van der Waals surface area (Å²) < 4.78 is 10.4. The van der Waals surface area contributed by atoms with Crippen molar-refractivity contribution < 1.29 is 18.5 Å². The first-order valence-electron chi connectivity index (χ1n) is 9.49. The molecule has 150 valence electrons. The minimum Gasteiger partial charge on any atom is -0.459 e. The number of carbonyl (C=O) groups excluding carboxylic acids is 2. The van der Waals surface area contributed by atoms with Gasteiger partial charge in [-0.3, -0.25) is 14.6 Å². The highest BCUT2D eigenvalue weighted by Crippen LogP contribution is 2.28.